The van der Waals surface area contributed by atoms with E-state index < -0.39 is 18.0 Å². The smallest absolute Gasteiger partial charge is 0.338 e. The van der Waals surface area contributed by atoms with Crippen LogP contribution >= 0.6 is 0 Å². The summed E-state index contributed by atoms with van der Waals surface area (Å²) < 4.78 is 5.15. The van der Waals surface area contributed by atoms with Gasteiger partial charge in [0.05, 0.1) is 17.2 Å². The normalized spacial score (nSPS) is 11.2. The molecule has 2 rings (SSSR count). The Kier molecular flexibility index (Phi) is 5.11. The third-order valence-electron chi connectivity index (χ3n) is 3.20. The molecule has 1 amide bonds. The van der Waals surface area contributed by atoms with Crippen LogP contribution in [-0.2, 0) is 9.53 Å². The molecule has 0 fully saturated rings. The van der Waals surface area contributed by atoms with Gasteiger partial charge in [-0.2, -0.15) is 5.26 Å². The van der Waals surface area contributed by atoms with Crippen molar-refractivity contribution in [1.29, 1.82) is 5.26 Å². The lowest BCUT2D eigenvalue weighted by Crippen LogP contribution is -2.30. The van der Waals surface area contributed by atoms with E-state index in [-0.39, 0.29) is 0 Å². The van der Waals surface area contributed by atoms with Crippen LogP contribution in [0.25, 0.3) is 0 Å². The molecule has 0 radical (unpaired) electrons. The van der Waals surface area contributed by atoms with Crippen molar-refractivity contribution >= 4 is 17.6 Å². The quantitative estimate of drug-likeness (QED) is 0.880. The first-order chi connectivity index (χ1) is 11.0. The van der Waals surface area contributed by atoms with Gasteiger partial charge in [-0.25, -0.2) is 4.79 Å². The molecule has 1 unspecified atom stereocenters. The molecule has 116 valence electrons. The lowest BCUT2D eigenvalue weighted by molar-refractivity contribution is -0.123. The number of hydrogen-bond acceptors (Lipinski definition) is 4. The van der Waals surface area contributed by atoms with Crippen LogP contribution in [0, 0.1) is 18.3 Å². The summed E-state index contributed by atoms with van der Waals surface area (Å²) in [6, 6.07) is 15.4. The molecule has 1 N–H and O–H groups in total. The van der Waals surface area contributed by atoms with Gasteiger partial charge in [0, 0.05) is 5.69 Å². The number of carbonyl (C=O) groups is 2. The number of rotatable bonds is 4. The number of ether oxygens (including phenoxy) is 1. The summed E-state index contributed by atoms with van der Waals surface area (Å²) >= 11 is 0. The minimum absolute atomic E-state index is 0.390. The fraction of sp³-hybridized carbons (Fsp3) is 0.167. The van der Waals surface area contributed by atoms with E-state index in [0.29, 0.717) is 16.8 Å². The number of nitriles is 1. The predicted molar refractivity (Wildman–Crippen MR) is 85.8 cm³/mol. The zero-order valence-electron chi connectivity index (χ0n) is 12.9. The molecule has 0 spiro atoms. The maximum absolute atomic E-state index is 12.1. The van der Waals surface area contributed by atoms with Crippen molar-refractivity contribution in [2.24, 2.45) is 0 Å². The first kappa shape index (κ1) is 16.2. The first-order valence-corrected chi connectivity index (χ1v) is 7.08. The van der Waals surface area contributed by atoms with Crippen LogP contribution < -0.4 is 5.32 Å². The van der Waals surface area contributed by atoms with Crippen molar-refractivity contribution in [3.63, 3.8) is 0 Å². The van der Waals surface area contributed by atoms with Gasteiger partial charge in [-0.15, -0.1) is 0 Å². The lowest BCUT2D eigenvalue weighted by Gasteiger charge is -2.13. The third kappa shape index (κ3) is 4.42. The van der Waals surface area contributed by atoms with Gasteiger partial charge >= 0.3 is 5.97 Å². The van der Waals surface area contributed by atoms with Crippen LogP contribution in [0.4, 0.5) is 5.69 Å². The van der Waals surface area contributed by atoms with Crippen LogP contribution in [0.5, 0.6) is 0 Å². The minimum Gasteiger partial charge on any atom is -0.449 e. The number of carbonyl (C=O) groups excluding carboxylic acids is 2. The van der Waals surface area contributed by atoms with E-state index >= 15 is 0 Å². The topological polar surface area (TPSA) is 79.2 Å². The molecule has 0 aliphatic rings. The Balaban J connectivity index is 1.98. The maximum Gasteiger partial charge on any atom is 0.338 e. The van der Waals surface area contributed by atoms with Crippen LogP contribution in [0.3, 0.4) is 0 Å². The average Bonchev–Trinajstić information content (AvgIpc) is 2.55. The highest BCUT2D eigenvalue weighted by Gasteiger charge is 2.19. The van der Waals surface area contributed by atoms with E-state index in [0.717, 1.165) is 5.56 Å². The Morgan fingerprint density at radius 2 is 1.87 bits per heavy atom. The summed E-state index contributed by atoms with van der Waals surface area (Å²) in [6.07, 6.45) is -0.949. The van der Waals surface area contributed by atoms with Gasteiger partial charge in [0.1, 0.15) is 0 Å². The van der Waals surface area contributed by atoms with Crippen molar-refractivity contribution in [2.75, 3.05) is 5.32 Å². The monoisotopic (exact) mass is 308 g/mol. The molecule has 0 bridgehead atoms. The number of nitrogens with one attached hydrogen (secondary N) is 1. The van der Waals surface area contributed by atoms with Crippen molar-refractivity contribution in [1.82, 2.24) is 0 Å². The van der Waals surface area contributed by atoms with E-state index in [9.17, 15) is 9.59 Å². The fourth-order valence-electron chi connectivity index (χ4n) is 1.88. The second-order valence-corrected chi connectivity index (χ2v) is 5.10. The SMILES string of the molecule is Cc1ccc(C(=O)OC(C)C(=O)Nc2cccc(C#N)c2)cc1. The molecule has 2 aromatic rings. The Bertz CT molecular complexity index is 761. The third-order valence-corrected chi connectivity index (χ3v) is 3.20. The van der Waals surface area contributed by atoms with Crippen LogP contribution in [0.15, 0.2) is 48.5 Å². The number of benzene rings is 2. The molecule has 5 heteroatoms. The van der Waals surface area contributed by atoms with Gasteiger partial charge in [-0.05, 0) is 44.2 Å². The van der Waals surface area contributed by atoms with Crippen molar-refractivity contribution < 1.29 is 14.3 Å². The number of aryl methyl sites for hydroxylation is 1. The zero-order valence-corrected chi connectivity index (χ0v) is 12.9. The molecule has 0 saturated carbocycles. The maximum atomic E-state index is 12.1. The van der Waals surface area contributed by atoms with E-state index in [1.165, 1.54) is 6.92 Å². The molecule has 1 atom stereocenters. The van der Waals surface area contributed by atoms with Gasteiger partial charge in [-0.3, -0.25) is 4.79 Å². The molecule has 2 aromatic carbocycles. The molecule has 0 saturated heterocycles. The van der Waals surface area contributed by atoms with E-state index in [4.69, 9.17) is 10.00 Å². The fourth-order valence-corrected chi connectivity index (χ4v) is 1.88. The Morgan fingerprint density at radius 3 is 2.52 bits per heavy atom. The number of hydrogen-bond donors (Lipinski definition) is 1. The number of amides is 1. The summed E-state index contributed by atoms with van der Waals surface area (Å²) in [7, 11) is 0. The van der Waals surface area contributed by atoms with Crippen LogP contribution in [0.1, 0.15) is 28.4 Å². The van der Waals surface area contributed by atoms with Gasteiger partial charge in [0.15, 0.2) is 6.10 Å². The summed E-state index contributed by atoms with van der Waals surface area (Å²) in [5.41, 5.74) is 2.34. The van der Waals surface area contributed by atoms with Crippen LogP contribution in [0.2, 0.25) is 0 Å². The van der Waals surface area contributed by atoms with Crippen molar-refractivity contribution in [3.8, 4) is 6.07 Å². The van der Waals surface area contributed by atoms with Gasteiger partial charge in [0.2, 0.25) is 0 Å². The first-order valence-electron chi connectivity index (χ1n) is 7.08. The minimum atomic E-state index is -0.949. The van der Waals surface area contributed by atoms with Crippen molar-refractivity contribution in [3.05, 3.63) is 65.2 Å². The number of esters is 1. The molecule has 0 aliphatic carbocycles. The Hall–Kier alpha value is -3.13. The molecule has 0 aromatic heterocycles. The summed E-state index contributed by atoms with van der Waals surface area (Å²) in [5, 5.41) is 11.5. The summed E-state index contributed by atoms with van der Waals surface area (Å²) in [5.74, 6) is -1.01. The van der Waals surface area contributed by atoms with Gasteiger partial charge in [-0.1, -0.05) is 23.8 Å². The number of anilines is 1. The van der Waals surface area contributed by atoms with E-state index in [1.807, 2.05) is 13.0 Å². The van der Waals surface area contributed by atoms with Gasteiger partial charge < -0.3 is 10.1 Å². The number of nitrogens with zero attached hydrogens (tertiary/aromatic N) is 1. The summed E-state index contributed by atoms with van der Waals surface area (Å²) in [4.78, 5) is 24.0. The highest BCUT2D eigenvalue weighted by molar-refractivity contribution is 5.97. The highest BCUT2D eigenvalue weighted by atomic mass is 16.5. The predicted octanol–water partition coefficient (Wildman–Crippen LogP) is 3.05. The lowest BCUT2D eigenvalue weighted by atomic mass is 10.1. The largest absolute Gasteiger partial charge is 0.449 e. The Morgan fingerprint density at radius 1 is 1.17 bits per heavy atom. The Labute approximate surface area is 134 Å². The highest BCUT2D eigenvalue weighted by Crippen LogP contribution is 2.12. The molecule has 23 heavy (non-hydrogen) atoms. The molecule has 0 aliphatic heterocycles. The van der Waals surface area contributed by atoms with E-state index in [2.05, 4.69) is 5.32 Å². The zero-order chi connectivity index (χ0) is 16.8. The van der Waals surface area contributed by atoms with Crippen LogP contribution in [-0.4, -0.2) is 18.0 Å². The second-order valence-electron chi connectivity index (χ2n) is 5.10. The van der Waals surface area contributed by atoms with Gasteiger partial charge in [0.25, 0.3) is 5.91 Å². The molecular formula is C18H16N2O3. The van der Waals surface area contributed by atoms with Crippen molar-refractivity contribution in [2.45, 2.75) is 20.0 Å². The molecular weight excluding hydrogens is 292 g/mol. The van der Waals surface area contributed by atoms with E-state index in [1.54, 1.807) is 48.5 Å². The molecule has 0 heterocycles. The molecule has 5 nitrogen and oxygen atoms in total. The average molecular weight is 308 g/mol. The standard InChI is InChI=1S/C18H16N2O3/c1-12-6-8-15(9-7-12)18(22)23-13(2)17(21)20-16-5-3-4-14(10-16)11-19/h3-10,13H,1-2H3,(H,20,21). The summed E-state index contributed by atoms with van der Waals surface area (Å²) in [6.45, 7) is 3.41. The second kappa shape index (κ2) is 7.23.